The average Bonchev–Trinajstić information content (AvgIpc) is 3.57. The van der Waals surface area contributed by atoms with Crippen LogP contribution in [0.3, 0.4) is 0 Å². The van der Waals surface area contributed by atoms with E-state index in [1.54, 1.807) is 48.4 Å². The summed E-state index contributed by atoms with van der Waals surface area (Å²) in [7, 11) is 5.25. The Bertz CT molecular complexity index is 1830. The minimum absolute atomic E-state index is 0.238. The van der Waals surface area contributed by atoms with Crippen molar-refractivity contribution in [2.24, 2.45) is 7.05 Å². The number of hydrogen-bond donors (Lipinski definition) is 0. The van der Waals surface area contributed by atoms with Crippen molar-refractivity contribution in [3.05, 3.63) is 48.3 Å². The largest absolute Gasteiger partial charge is 0.496 e. The molecule has 0 bridgehead atoms. The molecule has 13 heteroatoms. The summed E-state index contributed by atoms with van der Waals surface area (Å²) in [6.07, 6.45) is 4.96. The van der Waals surface area contributed by atoms with Crippen LogP contribution in [0.4, 0.5) is 14.6 Å². The Balaban J connectivity index is 1.41. The summed E-state index contributed by atoms with van der Waals surface area (Å²) in [6.45, 7) is 4.64. The molecule has 7 rings (SSSR count). The molecule has 0 unspecified atom stereocenters. The second-order valence-electron chi connectivity index (χ2n) is 11.4. The molecule has 2 saturated heterocycles. The van der Waals surface area contributed by atoms with Gasteiger partial charge in [-0.05, 0) is 26.1 Å². The van der Waals surface area contributed by atoms with Gasteiger partial charge in [0.1, 0.15) is 17.1 Å². The standard InChI is InChI=1S/C30H33F2N9O2/c1-18-20-15-34-41(23(20)11-22(35-18)21-14-33-6-5-25(21)42-4)26-12-24-27(29(36-26)40-7-9-43-10-8-40)37-28(39(24)3)19-13-30(31,32)17-38(2)16-19/h5-6,11-12,14-15,19H,7-10,13,16-17H2,1-4H3/t19-/m1/s1. The van der Waals surface area contributed by atoms with Gasteiger partial charge in [-0.15, -0.1) is 0 Å². The topological polar surface area (TPSA) is 99.3 Å². The van der Waals surface area contributed by atoms with Gasteiger partial charge in [0.25, 0.3) is 5.92 Å². The maximum absolute atomic E-state index is 14.6. The number of ether oxygens (including phenoxy) is 2. The number of methoxy groups -OCH3 is 1. The first-order chi connectivity index (χ1) is 20.7. The molecule has 7 heterocycles. The number of likely N-dealkylation sites (N-methyl/N-ethyl adjacent to an activating group) is 1. The molecule has 5 aromatic rings. The molecule has 0 saturated carbocycles. The maximum Gasteiger partial charge on any atom is 0.261 e. The van der Waals surface area contributed by atoms with Crippen LogP contribution < -0.4 is 9.64 Å². The Morgan fingerprint density at radius 2 is 1.86 bits per heavy atom. The van der Waals surface area contributed by atoms with E-state index in [1.165, 1.54) is 0 Å². The number of imidazole rings is 1. The highest BCUT2D eigenvalue weighted by Crippen LogP contribution is 2.38. The summed E-state index contributed by atoms with van der Waals surface area (Å²) >= 11 is 0. The second kappa shape index (κ2) is 10.5. The van der Waals surface area contributed by atoms with E-state index in [1.807, 2.05) is 30.7 Å². The lowest BCUT2D eigenvalue weighted by atomic mass is 9.95. The van der Waals surface area contributed by atoms with Crippen molar-refractivity contribution in [3.8, 4) is 22.8 Å². The molecule has 0 radical (unpaired) electrons. The molecule has 2 aliphatic heterocycles. The van der Waals surface area contributed by atoms with Crippen LogP contribution in [0.25, 0.3) is 39.0 Å². The highest BCUT2D eigenvalue weighted by Gasteiger charge is 2.41. The van der Waals surface area contributed by atoms with E-state index in [2.05, 4.69) is 9.88 Å². The van der Waals surface area contributed by atoms with Crippen molar-refractivity contribution < 1.29 is 18.3 Å². The van der Waals surface area contributed by atoms with E-state index in [9.17, 15) is 8.78 Å². The van der Waals surface area contributed by atoms with E-state index < -0.39 is 11.8 Å². The molecular formula is C30H33F2N9O2. The van der Waals surface area contributed by atoms with E-state index in [4.69, 9.17) is 29.5 Å². The van der Waals surface area contributed by atoms with Gasteiger partial charge in [-0.3, -0.25) is 14.9 Å². The third-order valence-corrected chi connectivity index (χ3v) is 8.38. The number of morpholine rings is 1. The number of piperidine rings is 1. The van der Waals surface area contributed by atoms with E-state index >= 15 is 0 Å². The number of hydrogen-bond acceptors (Lipinski definition) is 9. The van der Waals surface area contributed by atoms with Gasteiger partial charge in [0.05, 0.1) is 55.4 Å². The summed E-state index contributed by atoms with van der Waals surface area (Å²) < 4.78 is 44.2. The molecule has 0 N–H and O–H groups in total. The Kier molecular flexibility index (Phi) is 6.73. The van der Waals surface area contributed by atoms with Crippen molar-refractivity contribution in [2.45, 2.75) is 25.2 Å². The third-order valence-electron chi connectivity index (χ3n) is 8.38. The van der Waals surface area contributed by atoms with E-state index in [-0.39, 0.29) is 13.0 Å². The lowest BCUT2D eigenvalue weighted by molar-refractivity contribution is -0.0662. The molecule has 43 heavy (non-hydrogen) atoms. The van der Waals surface area contributed by atoms with Gasteiger partial charge in [0, 0.05) is 68.6 Å². The normalized spacial score (nSPS) is 19.4. The molecule has 5 aromatic heterocycles. The first kappa shape index (κ1) is 27.6. The molecule has 2 fully saturated rings. The molecular weight excluding hydrogens is 556 g/mol. The molecule has 0 spiro atoms. The minimum Gasteiger partial charge on any atom is -0.496 e. The number of likely N-dealkylation sites (tertiary alicyclic amines) is 1. The molecule has 0 aromatic carbocycles. The fourth-order valence-corrected chi connectivity index (χ4v) is 6.39. The van der Waals surface area contributed by atoms with Crippen LogP contribution in [0.15, 0.2) is 36.8 Å². The van der Waals surface area contributed by atoms with Crippen LogP contribution in [0.1, 0.15) is 23.9 Å². The van der Waals surface area contributed by atoms with Crippen LogP contribution in [0.2, 0.25) is 0 Å². The van der Waals surface area contributed by atoms with Crippen LogP contribution in [0, 0.1) is 6.92 Å². The van der Waals surface area contributed by atoms with Crippen molar-refractivity contribution in [2.75, 3.05) is 58.5 Å². The zero-order valence-corrected chi connectivity index (χ0v) is 24.6. The molecule has 0 amide bonds. The summed E-state index contributed by atoms with van der Waals surface area (Å²) in [6, 6.07) is 5.70. The van der Waals surface area contributed by atoms with Gasteiger partial charge in [0.2, 0.25) is 0 Å². The fourth-order valence-electron chi connectivity index (χ4n) is 6.39. The molecule has 224 valence electrons. The Morgan fingerprint density at radius 1 is 1.05 bits per heavy atom. The van der Waals surface area contributed by atoms with Crippen LogP contribution in [-0.2, 0) is 11.8 Å². The van der Waals surface area contributed by atoms with Crippen molar-refractivity contribution in [3.63, 3.8) is 0 Å². The number of anilines is 1. The van der Waals surface area contributed by atoms with Crippen LogP contribution in [0.5, 0.6) is 5.75 Å². The SMILES string of the molecule is COc1ccncc1-c1cc2c(cnn2-c2cc3c(nc([C@H]4CN(C)CC(F)(F)C4)n3C)c(N3CCOCC3)n2)c(C)n1. The lowest BCUT2D eigenvalue weighted by Gasteiger charge is -2.35. The first-order valence-corrected chi connectivity index (χ1v) is 14.3. The summed E-state index contributed by atoms with van der Waals surface area (Å²) in [5.74, 6) is -0.602. The third kappa shape index (κ3) is 4.85. The zero-order valence-electron chi connectivity index (χ0n) is 24.6. The van der Waals surface area contributed by atoms with E-state index in [0.29, 0.717) is 67.3 Å². The first-order valence-electron chi connectivity index (χ1n) is 14.3. The van der Waals surface area contributed by atoms with Crippen molar-refractivity contribution >= 4 is 27.8 Å². The number of aryl methyl sites for hydroxylation is 2. The van der Waals surface area contributed by atoms with Gasteiger partial charge in [-0.2, -0.15) is 5.10 Å². The van der Waals surface area contributed by atoms with Gasteiger partial charge in [-0.25, -0.2) is 23.4 Å². The number of nitrogens with zero attached hydrogens (tertiary/aromatic N) is 9. The quantitative estimate of drug-likeness (QED) is 0.302. The minimum atomic E-state index is -2.78. The second-order valence-corrected chi connectivity index (χ2v) is 11.4. The number of halogens is 2. The number of rotatable bonds is 5. The number of fused-ring (bicyclic) bond motifs is 2. The zero-order chi connectivity index (χ0) is 29.9. The predicted octanol–water partition coefficient (Wildman–Crippen LogP) is 3.97. The molecule has 2 aliphatic rings. The molecule has 0 aliphatic carbocycles. The Hall–Kier alpha value is -4.23. The van der Waals surface area contributed by atoms with Gasteiger partial charge >= 0.3 is 0 Å². The highest BCUT2D eigenvalue weighted by atomic mass is 19.3. The van der Waals surface area contributed by atoms with Gasteiger partial charge in [-0.1, -0.05) is 0 Å². The molecule has 1 atom stereocenters. The average molecular weight is 590 g/mol. The Labute approximate surface area is 247 Å². The predicted molar refractivity (Wildman–Crippen MR) is 158 cm³/mol. The van der Waals surface area contributed by atoms with Crippen LogP contribution in [-0.4, -0.2) is 98.7 Å². The number of pyridine rings is 3. The fraction of sp³-hybridized carbons (Fsp3) is 0.433. The van der Waals surface area contributed by atoms with Gasteiger partial charge < -0.3 is 18.9 Å². The Morgan fingerprint density at radius 3 is 2.63 bits per heavy atom. The number of alkyl halides is 2. The van der Waals surface area contributed by atoms with E-state index in [0.717, 1.165) is 27.7 Å². The summed E-state index contributed by atoms with van der Waals surface area (Å²) in [5, 5.41) is 5.63. The monoisotopic (exact) mass is 589 g/mol. The smallest absolute Gasteiger partial charge is 0.261 e. The maximum atomic E-state index is 14.6. The lowest BCUT2D eigenvalue weighted by Crippen LogP contribution is -2.44. The van der Waals surface area contributed by atoms with Crippen molar-refractivity contribution in [1.82, 2.24) is 39.2 Å². The summed E-state index contributed by atoms with van der Waals surface area (Å²) in [5.41, 5.74) is 4.60. The highest BCUT2D eigenvalue weighted by molar-refractivity contribution is 5.91. The van der Waals surface area contributed by atoms with Crippen molar-refractivity contribution in [1.29, 1.82) is 0 Å². The van der Waals surface area contributed by atoms with Gasteiger partial charge in [0.15, 0.2) is 11.6 Å². The summed E-state index contributed by atoms with van der Waals surface area (Å²) in [4.78, 5) is 23.0. The number of aromatic nitrogens is 7. The molecule has 11 nitrogen and oxygen atoms in total. The van der Waals surface area contributed by atoms with Crippen LogP contribution >= 0.6 is 0 Å².